The lowest BCUT2D eigenvalue weighted by Crippen LogP contribution is -2.48. The Morgan fingerprint density at radius 2 is 1.96 bits per heavy atom. The van der Waals surface area contributed by atoms with Crippen molar-refractivity contribution in [1.29, 1.82) is 0 Å². The average molecular weight is 459 g/mol. The number of nitrogens with zero attached hydrogens (tertiary/aromatic N) is 1. The number of hydrogen-bond acceptors (Lipinski definition) is 3. The molecule has 4 nitrogen and oxygen atoms in total. The number of methoxy groups -OCH3 is 1. The minimum atomic E-state index is -0.388. The number of ether oxygens (including phenoxy) is 1. The van der Waals surface area contributed by atoms with Crippen molar-refractivity contribution in [2.45, 2.75) is 26.3 Å². The molecule has 1 atom stereocenters. The summed E-state index contributed by atoms with van der Waals surface area (Å²) in [4.78, 5) is 15.5. The summed E-state index contributed by atoms with van der Waals surface area (Å²) in [6.45, 7) is 4.82. The lowest BCUT2D eigenvalue weighted by Gasteiger charge is -2.38. The molecule has 0 fully saturated rings. The predicted octanol–water partition coefficient (Wildman–Crippen LogP) is 5.26. The van der Waals surface area contributed by atoms with Gasteiger partial charge in [-0.25, -0.2) is 0 Å². The Kier molecular flexibility index (Phi) is 6.52. The van der Waals surface area contributed by atoms with E-state index in [0.717, 1.165) is 28.7 Å². The molecule has 0 saturated carbocycles. The summed E-state index contributed by atoms with van der Waals surface area (Å²) < 4.78 is 6.49. The molecule has 0 radical (unpaired) electrons. The van der Waals surface area contributed by atoms with Gasteiger partial charge in [-0.3, -0.25) is 4.79 Å². The van der Waals surface area contributed by atoms with Gasteiger partial charge in [0.05, 0.1) is 13.2 Å². The van der Waals surface area contributed by atoms with Gasteiger partial charge in [0, 0.05) is 33.4 Å². The molecule has 0 amide bonds. The predicted molar refractivity (Wildman–Crippen MR) is 120 cm³/mol. The molecule has 1 aliphatic heterocycles. The molecule has 6 heteroatoms. The van der Waals surface area contributed by atoms with Gasteiger partial charge >= 0.3 is 0 Å². The monoisotopic (exact) mass is 458 g/mol. The summed E-state index contributed by atoms with van der Waals surface area (Å²) in [5.74, 6) is 0.694. The summed E-state index contributed by atoms with van der Waals surface area (Å²) in [6, 6.07) is 14.7. The zero-order valence-corrected chi connectivity index (χ0v) is 18.6. The number of benzene rings is 2. The molecule has 0 spiro atoms. The average Bonchev–Trinajstić information content (AvgIpc) is 2.71. The third kappa shape index (κ3) is 3.98. The molecule has 28 heavy (non-hydrogen) atoms. The van der Waals surface area contributed by atoms with Gasteiger partial charge in [0.2, 0.25) is 0 Å². The maximum Gasteiger partial charge on any atom is 0.193 e. The normalized spacial score (nSPS) is 16.8. The molecular formula is C22H23BrN2O2S. The molecule has 1 N–H and O–H groups in total. The fourth-order valence-corrected chi connectivity index (χ4v) is 4.20. The first-order valence-electron chi connectivity index (χ1n) is 9.19. The molecule has 0 aliphatic carbocycles. The number of hydrogen-bond donors (Lipinski definition) is 1. The van der Waals surface area contributed by atoms with Crippen molar-refractivity contribution in [3.63, 3.8) is 0 Å². The van der Waals surface area contributed by atoms with Gasteiger partial charge in [-0.05, 0) is 43.8 Å². The van der Waals surface area contributed by atoms with E-state index in [2.05, 4.69) is 28.2 Å². The van der Waals surface area contributed by atoms with E-state index in [1.165, 1.54) is 0 Å². The number of carbonyl (C=O) groups excluding carboxylic acids is 1. The molecule has 0 aromatic heterocycles. The minimum Gasteiger partial charge on any atom is -0.496 e. The van der Waals surface area contributed by atoms with Crippen molar-refractivity contribution < 1.29 is 9.53 Å². The molecular weight excluding hydrogens is 436 g/mol. The second kappa shape index (κ2) is 8.88. The maximum atomic E-state index is 13.5. The molecule has 146 valence electrons. The third-order valence-electron chi connectivity index (χ3n) is 4.83. The smallest absolute Gasteiger partial charge is 0.193 e. The molecule has 1 heterocycles. The summed E-state index contributed by atoms with van der Waals surface area (Å²) >= 11 is 9.17. The Bertz CT molecular complexity index is 927. The van der Waals surface area contributed by atoms with E-state index in [9.17, 15) is 4.79 Å². The zero-order chi connectivity index (χ0) is 20.3. The van der Waals surface area contributed by atoms with E-state index in [-0.39, 0.29) is 11.8 Å². The van der Waals surface area contributed by atoms with Gasteiger partial charge in [-0.2, -0.15) is 0 Å². The second-order valence-electron chi connectivity index (χ2n) is 6.61. The first kappa shape index (κ1) is 20.6. The van der Waals surface area contributed by atoms with Gasteiger partial charge in [-0.15, -0.1) is 0 Å². The van der Waals surface area contributed by atoms with E-state index < -0.39 is 0 Å². The van der Waals surface area contributed by atoms with Crippen molar-refractivity contribution >= 4 is 39.0 Å². The van der Waals surface area contributed by atoms with Crippen molar-refractivity contribution in [3.05, 3.63) is 75.4 Å². The molecule has 1 aliphatic rings. The fraction of sp³-hybridized carbons (Fsp3) is 0.273. The van der Waals surface area contributed by atoms with Gasteiger partial charge < -0.3 is 15.0 Å². The SMILES string of the molecule is CCCN1C(=S)NC(c2cc(Br)ccc2OC)C(C(=O)c2ccccc2)=C1C. The van der Waals surface area contributed by atoms with E-state index in [1.54, 1.807) is 7.11 Å². The number of thiocarbonyl (C=S) groups is 1. The Balaban J connectivity index is 2.19. The van der Waals surface area contributed by atoms with Crippen LogP contribution in [-0.4, -0.2) is 29.5 Å². The van der Waals surface area contributed by atoms with Gasteiger partial charge in [0.1, 0.15) is 5.75 Å². The Morgan fingerprint density at radius 1 is 1.25 bits per heavy atom. The zero-order valence-electron chi connectivity index (χ0n) is 16.2. The highest BCUT2D eigenvalue weighted by atomic mass is 79.9. The highest BCUT2D eigenvalue weighted by Crippen LogP contribution is 2.38. The molecule has 0 saturated heterocycles. The second-order valence-corrected chi connectivity index (χ2v) is 7.92. The van der Waals surface area contributed by atoms with Crippen LogP contribution in [0.25, 0.3) is 0 Å². The van der Waals surface area contributed by atoms with E-state index >= 15 is 0 Å². The lowest BCUT2D eigenvalue weighted by molar-refractivity contribution is 0.102. The number of ketones is 1. The van der Waals surface area contributed by atoms with Crippen molar-refractivity contribution in [1.82, 2.24) is 10.2 Å². The fourth-order valence-electron chi connectivity index (χ4n) is 3.48. The van der Waals surface area contributed by atoms with Crippen LogP contribution in [0, 0.1) is 0 Å². The largest absolute Gasteiger partial charge is 0.496 e. The standard InChI is InChI=1S/C22H23BrN2O2S/c1-4-12-25-14(2)19(21(26)15-8-6-5-7-9-15)20(24-22(25)28)17-13-16(23)10-11-18(17)27-3/h5-11,13,20H,4,12H2,1-3H3,(H,24,28). The Labute approximate surface area is 179 Å². The van der Waals surface area contributed by atoms with E-state index in [0.29, 0.717) is 22.0 Å². The van der Waals surface area contributed by atoms with Gasteiger partial charge in [-0.1, -0.05) is 53.2 Å². The van der Waals surface area contributed by atoms with Crippen LogP contribution in [0.4, 0.5) is 0 Å². The van der Waals surface area contributed by atoms with Crippen molar-refractivity contribution in [2.24, 2.45) is 0 Å². The summed E-state index contributed by atoms with van der Waals surface area (Å²) in [5, 5.41) is 4.00. The quantitative estimate of drug-likeness (QED) is 0.472. The highest BCUT2D eigenvalue weighted by Gasteiger charge is 2.35. The van der Waals surface area contributed by atoms with Gasteiger partial charge in [0.15, 0.2) is 10.9 Å². The van der Waals surface area contributed by atoms with Crippen molar-refractivity contribution in [3.8, 4) is 5.75 Å². The summed E-state index contributed by atoms with van der Waals surface area (Å²) in [5.41, 5.74) is 3.09. The molecule has 3 rings (SSSR count). The van der Waals surface area contributed by atoms with Crippen LogP contribution in [0.1, 0.15) is 42.2 Å². The molecule has 1 unspecified atom stereocenters. The highest BCUT2D eigenvalue weighted by molar-refractivity contribution is 9.10. The Morgan fingerprint density at radius 3 is 2.61 bits per heavy atom. The Hall–Kier alpha value is -2.18. The first-order chi connectivity index (χ1) is 13.5. The van der Waals surface area contributed by atoms with Crippen LogP contribution in [0.15, 0.2) is 64.3 Å². The topological polar surface area (TPSA) is 41.6 Å². The molecule has 2 aromatic rings. The molecule has 2 aromatic carbocycles. The summed E-state index contributed by atoms with van der Waals surface area (Å²) in [6.07, 6.45) is 0.927. The van der Waals surface area contributed by atoms with E-state index in [1.807, 2.05) is 60.4 Å². The van der Waals surface area contributed by atoms with Crippen LogP contribution in [0.3, 0.4) is 0 Å². The van der Waals surface area contributed by atoms with Gasteiger partial charge in [0.25, 0.3) is 0 Å². The third-order valence-corrected chi connectivity index (χ3v) is 5.66. The number of rotatable bonds is 6. The lowest BCUT2D eigenvalue weighted by atomic mass is 9.88. The maximum absolute atomic E-state index is 13.5. The van der Waals surface area contributed by atoms with Crippen LogP contribution in [0.5, 0.6) is 5.75 Å². The molecule has 0 bridgehead atoms. The van der Waals surface area contributed by atoms with Crippen LogP contribution >= 0.6 is 28.1 Å². The van der Waals surface area contributed by atoms with Crippen LogP contribution in [-0.2, 0) is 0 Å². The van der Waals surface area contributed by atoms with Crippen LogP contribution in [0.2, 0.25) is 0 Å². The number of allylic oxidation sites excluding steroid dienone is 1. The summed E-state index contributed by atoms with van der Waals surface area (Å²) in [7, 11) is 1.63. The number of carbonyl (C=O) groups is 1. The number of Topliss-reactive ketones (excluding diaryl/α,β-unsaturated/α-hetero) is 1. The van der Waals surface area contributed by atoms with Crippen LogP contribution < -0.4 is 10.1 Å². The van der Waals surface area contributed by atoms with Crippen molar-refractivity contribution in [2.75, 3.05) is 13.7 Å². The first-order valence-corrected chi connectivity index (χ1v) is 10.4. The van der Waals surface area contributed by atoms with E-state index in [4.69, 9.17) is 17.0 Å². The number of nitrogens with one attached hydrogen (secondary N) is 1. The minimum absolute atomic E-state index is 0.0127. The number of halogens is 1.